The summed E-state index contributed by atoms with van der Waals surface area (Å²) in [6, 6.07) is 14.1. The molecule has 4 aromatic rings. The Morgan fingerprint density at radius 2 is 1.53 bits per heavy atom. The van der Waals surface area contributed by atoms with Gasteiger partial charge in [-0.3, -0.25) is 39.1 Å². The number of rotatable bonds is 20. The minimum atomic E-state index is -1.01. The monoisotopic (exact) mass is 779 g/mol. The molecule has 1 unspecified atom stereocenters. The third-order valence-corrected chi connectivity index (χ3v) is 10.0. The zero-order chi connectivity index (χ0) is 39.6. The molecule has 1 aliphatic carbocycles. The van der Waals surface area contributed by atoms with Crippen LogP contribution in [0.5, 0.6) is 0 Å². The van der Waals surface area contributed by atoms with E-state index in [1.54, 1.807) is 30.6 Å². The number of oxime groups is 1. The van der Waals surface area contributed by atoms with E-state index in [9.17, 15) is 24.4 Å². The maximum absolute atomic E-state index is 13.2. The Hall–Kier alpha value is -5.81. The second-order valence-electron chi connectivity index (χ2n) is 13.7. The lowest BCUT2D eigenvalue weighted by molar-refractivity contribution is -0.136. The van der Waals surface area contributed by atoms with Crippen molar-refractivity contribution < 1.29 is 43.3 Å². The number of fused-ring (bicyclic) bond motifs is 2. The quantitative estimate of drug-likeness (QED) is 0.0510. The molecule has 16 nitrogen and oxygen atoms in total. The number of piperidine rings is 1. The van der Waals surface area contributed by atoms with Crippen molar-refractivity contribution in [2.75, 3.05) is 64.7 Å². The highest BCUT2D eigenvalue weighted by molar-refractivity contribution is 6.25. The molecule has 1 atom stereocenters. The number of hydrogen-bond acceptors (Lipinski definition) is 13. The van der Waals surface area contributed by atoms with Crippen LogP contribution in [0.1, 0.15) is 57.5 Å². The maximum atomic E-state index is 13.2. The number of carbonyl (C=O) groups is 4. The SMILES string of the molecule is O=C1CCC(N2C(=O)c3cccc(NCCOCCOCCOCCOCCCn4cc(-c5ccc6c(c5)CCC6=NO)c(-c5ccncc5)n4)c3C2=O)C(=O)N1. The van der Waals surface area contributed by atoms with Gasteiger partial charge < -0.3 is 29.5 Å². The van der Waals surface area contributed by atoms with Gasteiger partial charge in [-0.05, 0) is 61.1 Å². The second-order valence-corrected chi connectivity index (χ2v) is 13.7. The Balaban J connectivity index is 0.739. The largest absolute Gasteiger partial charge is 0.411 e. The van der Waals surface area contributed by atoms with Crippen molar-refractivity contribution >= 4 is 35.0 Å². The molecule has 2 aromatic heterocycles. The molecule has 57 heavy (non-hydrogen) atoms. The molecule has 0 spiro atoms. The zero-order valence-electron chi connectivity index (χ0n) is 31.5. The fourth-order valence-corrected chi connectivity index (χ4v) is 7.22. The van der Waals surface area contributed by atoms with E-state index in [1.165, 1.54) is 5.56 Å². The Kier molecular flexibility index (Phi) is 13.1. The first-order valence-corrected chi connectivity index (χ1v) is 19.1. The van der Waals surface area contributed by atoms with Gasteiger partial charge in [-0.25, -0.2) is 0 Å². The molecule has 1 fully saturated rings. The molecule has 4 heterocycles. The van der Waals surface area contributed by atoms with Gasteiger partial charge in [-0.1, -0.05) is 29.4 Å². The van der Waals surface area contributed by atoms with Gasteiger partial charge in [-0.15, -0.1) is 0 Å². The summed E-state index contributed by atoms with van der Waals surface area (Å²) in [6.07, 6.45) is 8.13. The van der Waals surface area contributed by atoms with Gasteiger partial charge in [0.2, 0.25) is 11.8 Å². The topological polar surface area (TPSA) is 196 Å². The molecule has 298 valence electrons. The first-order chi connectivity index (χ1) is 27.9. The third kappa shape index (κ3) is 9.26. The van der Waals surface area contributed by atoms with Crippen LogP contribution in [0, 0.1) is 0 Å². The van der Waals surface area contributed by atoms with Crippen molar-refractivity contribution in [3.63, 3.8) is 0 Å². The minimum absolute atomic E-state index is 0.0641. The summed E-state index contributed by atoms with van der Waals surface area (Å²) in [5, 5.41) is 23.0. The van der Waals surface area contributed by atoms with Gasteiger partial charge >= 0.3 is 0 Å². The van der Waals surface area contributed by atoms with Crippen LogP contribution in [0.3, 0.4) is 0 Å². The van der Waals surface area contributed by atoms with Crippen LogP contribution in [-0.2, 0) is 41.5 Å². The number of ether oxygens (including phenoxy) is 4. The molecule has 0 radical (unpaired) electrons. The van der Waals surface area contributed by atoms with E-state index >= 15 is 0 Å². The van der Waals surface area contributed by atoms with Gasteiger partial charge in [0, 0.05) is 67.1 Å². The molecule has 3 aliphatic rings. The third-order valence-electron chi connectivity index (χ3n) is 10.0. The van der Waals surface area contributed by atoms with Crippen LogP contribution in [0.15, 0.2) is 72.3 Å². The number of nitrogens with zero attached hydrogens (tertiary/aromatic N) is 5. The maximum Gasteiger partial charge on any atom is 0.264 e. The van der Waals surface area contributed by atoms with Crippen molar-refractivity contribution in [3.05, 3.63) is 89.4 Å². The summed E-state index contributed by atoms with van der Waals surface area (Å²) < 4.78 is 24.6. The molecule has 7 rings (SSSR count). The van der Waals surface area contributed by atoms with Crippen LogP contribution < -0.4 is 10.6 Å². The number of benzene rings is 2. The first-order valence-electron chi connectivity index (χ1n) is 19.1. The average Bonchev–Trinajstić information content (AvgIpc) is 3.92. The van der Waals surface area contributed by atoms with Crippen molar-refractivity contribution in [2.24, 2.45) is 5.16 Å². The fraction of sp³-hybridized carbons (Fsp3) is 0.390. The highest BCUT2D eigenvalue weighted by Gasteiger charge is 2.45. The number of aryl methyl sites for hydroxylation is 2. The Morgan fingerprint density at radius 1 is 0.789 bits per heavy atom. The predicted molar refractivity (Wildman–Crippen MR) is 207 cm³/mol. The number of aromatic nitrogens is 3. The highest BCUT2D eigenvalue weighted by Crippen LogP contribution is 2.35. The van der Waals surface area contributed by atoms with Gasteiger partial charge in [-0.2, -0.15) is 5.10 Å². The summed E-state index contributed by atoms with van der Waals surface area (Å²) in [7, 11) is 0. The Morgan fingerprint density at radius 3 is 2.26 bits per heavy atom. The van der Waals surface area contributed by atoms with Crippen molar-refractivity contribution in [1.82, 2.24) is 25.0 Å². The number of amides is 4. The molecule has 16 heteroatoms. The van der Waals surface area contributed by atoms with E-state index in [0.29, 0.717) is 71.6 Å². The molecule has 4 amide bonds. The van der Waals surface area contributed by atoms with Crippen LogP contribution >= 0.6 is 0 Å². The van der Waals surface area contributed by atoms with Gasteiger partial charge in [0.05, 0.1) is 63.1 Å². The second kappa shape index (κ2) is 18.9. The summed E-state index contributed by atoms with van der Waals surface area (Å²) in [5.41, 5.74) is 7.78. The molecule has 0 bridgehead atoms. The molecular weight excluding hydrogens is 734 g/mol. The number of hydrogen-bond donors (Lipinski definition) is 3. The molecule has 1 saturated heterocycles. The number of anilines is 1. The molecule has 0 saturated carbocycles. The average molecular weight is 780 g/mol. The normalized spacial score (nSPS) is 17.0. The zero-order valence-corrected chi connectivity index (χ0v) is 31.5. The molecule has 2 aliphatic heterocycles. The molecule has 2 aromatic carbocycles. The lowest BCUT2D eigenvalue weighted by atomic mass is 9.98. The molecule has 3 N–H and O–H groups in total. The number of pyridine rings is 1. The van der Waals surface area contributed by atoms with Crippen LogP contribution in [-0.4, -0.2) is 120 Å². The van der Waals surface area contributed by atoms with Crippen LogP contribution in [0.4, 0.5) is 5.69 Å². The first kappa shape index (κ1) is 39.4. The lowest BCUT2D eigenvalue weighted by Crippen LogP contribution is -2.54. The van der Waals surface area contributed by atoms with Gasteiger partial charge in [0.25, 0.3) is 11.8 Å². The van der Waals surface area contributed by atoms with Crippen LogP contribution in [0.25, 0.3) is 22.4 Å². The highest BCUT2D eigenvalue weighted by atomic mass is 16.6. The standard InChI is InChI=1S/C41H45N7O9/c49-36-10-9-35(39(50)44-36)48-40(51)31-3-1-4-34(37(31)41(48)52)43-15-18-55-20-22-57-24-23-56-21-19-54-17-2-16-47-26-32(38(45-47)27-11-13-42-14-12-27)29-5-7-30-28(25-29)6-8-33(30)46-53/h1,3-5,7,11-14,25-26,35,43,53H,2,6,8-10,15-24H2,(H,44,49,50). The minimum Gasteiger partial charge on any atom is -0.411 e. The van der Waals surface area contributed by atoms with Gasteiger partial charge in [0.15, 0.2) is 0 Å². The lowest BCUT2D eigenvalue weighted by Gasteiger charge is -2.27. The Bertz CT molecular complexity index is 2120. The smallest absolute Gasteiger partial charge is 0.264 e. The van der Waals surface area contributed by atoms with E-state index in [2.05, 4.69) is 39.1 Å². The Labute approximate surface area is 329 Å². The summed E-state index contributed by atoms with van der Waals surface area (Å²) in [6.45, 7) is 4.50. The summed E-state index contributed by atoms with van der Waals surface area (Å²) >= 11 is 0. The van der Waals surface area contributed by atoms with E-state index < -0.39 is 29.7 Å². The predicted octanol–water partition coefficient (Wildman–Crippen LogP) is 3.71. The van der Waals surface area contributed by atoms with Crippen molar-refractivity contribution in [3.8, 4) is 22.4 Å². The molecular formula is C41H45N7O9. The van der Waals surface area contributed by atoms with E-state index in [-0.39, 0.29) is 24.0 Å². The summed E-state index contributed by atoms with van der Waals surface area (Å²) in [5.74, 6) is -2.17. The fourth-order valence-electron chi connectivity index (χ4n) is 7.22. The van der Waals surface area contributed by atoms with E-state index in [0.717, 1.165) is 57.8 Å². The van der Waals surface area contributed by atoms with E-state index in [1.807, 2.05) is 22.9 Å². The summed E-state index contributed by atoms with van der Waals surface area (Å²) in [4.78, 5) is 55.2. The van der Waals surface area contributed by atoms with Gasteiger partial charge in [0.1, 0.15) is 11.7 Å². The van der Waals surface area contributed by atoms with Crippen LogP contribution in [0.2, 0.25) is 0 Å². The van der Waals surface area contributed by atoms with E-state index in [4.69, 9.17) is 24.0 Å². The number of carbonyl (C=O) groups excluding carboxylic acids is 4. The number of imide groups is 2. The number of nitrogens with one attached hydrogen (secondary N) is 2. The van der Waals surface area contributed by atoms with Crippen molar-refractivity contribution in [1.29, 1.82) is 0 Å². The van der Waals surface area contributed by atoms with Crippen molar-refractivity contribution in [2.45, 2.75) is 44.7 Å².